The van der Waals surface area contributed by atoms with E-state index in [1.807, 2.05) is 70.2 Å². The molecule has 5 nitrogen and oxygen atoms in total. The van der Waals surface area contributed by atoms with Gasteiger partial charge in [-0.1, -0.05) is 41.5 Å². The molecule has 0 aliphatic heterocycles. The van der Waals surface area contributed by atoms with Crippen molar-refractivity contribution >= 4 is 21.4 Å². The maximum atomic E-state index is 13.4. The van der Waals surface area contributed by atoms with E-state index in [1.54, 1.807) is 24.3 Å². The lowest BCUT2D eigenvalue weighted by Crippen LogP contribution is -2.05. The van der Waals surface area contributed by atoms with Gasteiger partial charge in [0.05, 0.1) is 4.90 Å². The van der Waals surface area contributed by atoms with Gasteiger partial charge in [-0.25, -0.2) is 8.42 Å². The van der Waals surface area contributed by atoms with Crippen LogP contribution in [0.25, 0.3) is 11.5 Å². The van der Waals surface area contributed by atoms with Crippen LogP contribution in [0.1, 0.15) is 22.3 Å². The molecule has 1 heterocycles. The number of aromatic nitrogens is 1. The van der Waals surface area contributed by atoms with E-state index in [9.17, 15) is 8.42 Å². The van der Waals surface area contributed by atoms with Crippen molar-refractivity contribution < 1.29 is 12.8 Å². The van der Waals surface area contributed by atoms with Gasteiger partial charge in [-0.2, -0.15) is 4.98 Å². The van der Waals surface area contributed by atoms with E-state index in [4.69, 9.17) is 4.42 Å². The minimum absolute atomic E-state index is 0.0983. The molecule has 0 aliphatic carbocycles. The molecule has 0 aliphatic rings. The molecule has 1 aromatic heterocycles. The summed E-state index contributed by atoms with van der Waals surface area (Å²) in [6.45, 7) is 7.87. The zero-order valence-electron chi connectivity index (χ0n) is 17.9. The third-order valence-electron chi connectivity index (χ3n) is 4.96. The highest BCUT2D eigenvalue weighted by atomic mass is 32.2. The fraction of sp³-hybridized carbons (Fsp3) is 0.160. The van der Waals surface area contributed by atoms with Crippen LogP contribution in [0.4, 0.5) is 11.6 Å². The summed E-state index contributed by atoms with van der Waals surface area (Å²) in [4.78, 5) is 4.58. The number of nitrogens with one attached hydrogen (secondary N) is 1. The van der Waals surface area contributed by atoms with Gasteiger partial charge in [0.2, 0.25) is 26.6 Å². The normalized spacial score (nSPS) is 11.5. The van der Waals surface area contributed by atoms with E-state index in [-0.39, 0.29) is 21.7 Å². The van der Waals surface area contributed by atoms with Crippen molar-refractivity contribution in [1.82, 2.24) is 4.98 Å². The van der Waals surface area contributed by atoms with Crippen LogP contribution >= 0.6 is 0 Å². The number of hydrogen-bond donors (Lipinski definition) is 1. The van der Waals surface area contributed by atoms with Crippen LogP contribution in [0, 0.1) is 27.7 Å². The van der Waals surface area contributed by atoms with Crippen molar-refractivity contribution in [1.29, 1.82) is 0 Å². The Kier molecular flexibility index (Phi) is 5.41. The van der Waals surface area contributed by atoms with Crippen molar-refractivity contribution in [3.05, 3.63) is 89.0 Å². The molecule has 1 N–H and O–H groups in total. The Morgan fingerprint density at radius 3 is 1.87 bits per heavy atom. The number of anilines is 2. The Hall–Kier alpha value is -3.38. The molecular formula is C25H24N2O3S. The van der Waals surface area contributed by atoms with Crippen molar-refractivity contribution in [3.63, 3.8) is 0 Å². The molecular weight excluding hydrogens is 408 g/mol. The first kappa shape index (κ1) is 20.9. The molecule has 0 unspecified atom stereocenters. The third-order valence-corrected chi connectivity index (χ3v) is 6.64. The minimum Gasteiger partial charge on any atom is -0.419 e. The fourth-order valence-electron chi connectivity index (χ4n) is 3.39. The highest BCUT2D eigenvalue weighted by molar-refractivity contribution is 7.91. The number of oxazole rings is 1. The van der Waals surface area contributed by atoms with Crippen molar-refractivity contribution in [2.24, 2.45) is 0 Å². The summed E-state index contributed by atoms with van der Waals surface area (Å²) in [5.74, 6) is 0.346. The molecule has 0 radical (unpaired) electrons. The quantitative estimate of drug-likeness (QED) is 0.409. The molecule has 0 saturated heterocycles. The molecule has 4 rings (SSSR count). The van der Waals surface area contributed by atoms with Crippen molar-refractivity contribution in [3.8, 4) is 11.5 Å². The first-order valence-electron chi connectivity index (χ1n) is 9.97. The molecule has 6 heteroatoms. The predicted molar refractivity (Wildman–Crippen MR) is 123 cm³/mol. The van der Waals surface area contributed by atoms with Crippen LogP contribution in [0.3, 0.4) is 0 Å². The molecule has 0 saturated carbocycles. The van der Waals surface area contributed by atoms with Crippen LogP contribution in [0.2, 0.25) is 0 Å². The standard InChI is InChI=1S/C25H24N2O3S/c1-16-5-9-20(10-6-16)23-27-25(31(28,29)22-11-7-17(2)8-12-22)24(30-23)26-21-14-18(3)13-19(4)15-21/h5-15,26H,1-4H3. The SMILES string of the molecule is Cc1ccc(-c2nc(S(=O)(=O)c3ccc(C)cc3)c(Nc3cc(C)cc(C)c3)o2)cc1. The van der Waals surface area contributed by atoms with Crippen LogP contribution in [-0.2, 0) is 9.84 Å². The highest BCUT2D eigenvalue weighted by Crippen LogP contribution is 2.34. The molecule has 0 amide bonds. The second-order valence-electron chi connectivity index (χ2n) is 7.84. The first-order chi connectivity index (χ1) is 14.7. The lowest BCUT2D eigenvalue weighted by atomic mass is 10.1. The van der Waals surface area contributed by atoms with E-state index in [0.717, 1.165) is 27.9 Å². The van der Waals surface area contributed by atoms with E-state index in [1.165, 1.54) is 0 Å². The number of aryl methyl sites for hydroxylation is 4. The molecule has 158 valence electrons. The summed E-state index contributed by atoms with van der Waals surface area (Å²) >= 11 is 0. The Morgan fingerprint density at radius 1 is 0.742 bits per heavy atom. The van der Waals surface area contributed by atoms with E-state index in [0.29, 0.717) is 5.56 Å². The van der Waals surface area contributed by atoms with Crippen molar-refractivity contribution in [2.75, 3.05) is 5.32 Å². The van der Waals surface area contributed by atoms with Crippen LogP contribution < -0.4 is 5.32 Å². The molecule has 3 aromatic carbocycles. The third kappa shape index (κ3) is 4.39. The maximum Gasteiger partial charge on any atom is 0.238 e. The number of nitrogens with zero attached hydrogens (tertiary/aromatic N) is 1. The van der Waals surface area contributed by atoms with Gasteiger partial charge in [-0.3, -0.25) is 0 Å². The lowest BCUT2D eigenvalue weighted by Gasteiger charge is -2.08. The summed E-state index contributed by atoms with van der Waals surface area (Å²) in [7, 11) is -3.89. The zero-order chi connectivity index (χ0) is 22.2. The van der Waals surface area contributed by atoms with E-state index < -0.39 is 9.84 Å². The fourth-order valence-corrected chi connectivity index (χ4v) is 4.65. The monoisotopic (exact) mass is 432 g/mol. The smallest absolute Gasteiger partial charge is 0.238 e. The van der Waals surface area contributed by atoms with Crippen LogP contribution in [0.15, 0.2) is 81.1 Å². The summed E-state index contributed by atoms with van der Waals surface area (Å²) in [6.07, 6.45) is 0. The first-order valence-corrected chi connectivity index (χ1v) is 11.5. The second kappa shape index (κ2) is 8.04. The van der Waals surface area contributed by atoms with Gasteiger partial charge in [0, 0.05) is 11.3 Å². The number of benzene rings is 3. The Bertz CT molecular complexity index is 1320. The molecule has 31 heavy (non-hydrogen) atoms. The number of hydrogen-bond acceptors (Lipinski definition) is 5. The number of rotatable bonds is 5. The Labute approximate surface area is 182 Å². The molecule has 4 aromatic rings. The van der Waals surface area contributed by atoms with Gasteiger partial charge in [0.15, 0.2) is 0 Å². The van der Waals surface area contributed by atoms with Crippen LogP contribution in [0.5, 0.6) is 0 Å². The summed E-state index contributed by atoms with van der Waals surface area (Å²) in [5, 5.41) is 3.00. The van der Waals surface area contributed by atoms with E-state index >= 15 is 0 Å². The van der Waals surface area contributed by atoms with Gasteiger partial charge >= 0.3 is 0 Å². The van der Waals surface area contributed by atoms with Crippen molar-refractivity contribution in [2.45, 2.75) is 37.6 Å². The average Bonchev–Trinajstić information content (AvgIpc) is 3.12. The highest BCUT2D eigenvalue weighted by Gasteiger charge is 2.28. The second-order valence-corrected chi connectivity index (χ2v) is 9.70. The molecule has 0 spiro atoms. The molecule has 0 fully saturated rings. The molecule has 0 bridgehead atoms. The van der Waals surface area contributed by atoms with E-state index in [2.05, 4.69) is 10.3 Å². The Morgan fingerprint density at radius 2 is 1.29 bits per heavy atom. The van der Waals surface area contributed by atoms with Gasteiger partial charge in [0.25, 0.3) is 0 Å². The van der Waals surface area contributed by atoms with Gasteiger partial charge < -0.3 is 9.73 Å². The zero-order valence-corrected chi connectivity index (χ0v) is 18.7. The summed E-state index contributed by atoms with van der Waals surface area (Å²) in [5.41, 5.74) is 5.64. The largest absolute Gasteiger partial charge is 0.419 e. The number of sulfone groups is 1. The topological polar surface area (TPSA) is 72.2 Å². The summed E-state index contributed by atoms with van der Waals surface area (Å²) in [6, 6.07) is 20.2. The Balaban J connectivity index is 1.85. The van der Waals surface area contributed by atoms with Gasteiger partial charge in [-0.05, 0) is 75.2 Å². The maximum absolute atomic E-state index is 13.4. The summed E-state index contributed by atoms with van der Waals surface area (Å²) < 4.78 is 32.8. The van der Waals surface area contributed by atoms with Crippen LogP contribution in [-0.4, -0.2) is 13.4 Å². The average molecular weight is 433 g/mol. The van der Waals surface area contributed by atoms with Gasteiger partial charge in [0.1, 0.15) is 0 Å². The molecule has 0 atom stereocenters. The minimum atomic E-state index is -3.89. The predicted octanol–water partition coefficient (Wildman–Crippen LogP) is 6.15. The lowest BCUT2D eigenvalue weighted by molar-refractivity contribution is 0.582. The van der Waals surface area contributed by atoms with Gasteiger partial charge in [-0.15, -0.1) is 0 Å².